The highest BCUT2D eigenvalue weighted by atomic mass is 79.9. The van der Waals surface area contributed by atoms with E-state index in [2.05, 4.69) is 0 Å². The molecule has 40 valence electrons. The fourth-order valence-corrected chi connectivity index (χ4v) is 0. The van der Waals surface area contributed by atoms with Crippen molar-refractivity contribution in [2.45, 2.75) is 0 Å². The minimum Gasteiger partial charge on any atom is -0.418 e. The molecule has 0 saturated carbocycles. The van der Waals surface area contributed by atoms with Gasteiger partial charge >= 0.3 is 7.25 Å². The van der Waals surface area contributed by atoms with Crippen LogP contribution in [-0.4, -0.2) is 7.25 Å². The summed E-state index contributed by atoms with van der Waals surface area (Å²) in [6, 6.07) is 0. The van der Waals surface area contributed by atoms with Gasteiger partial charge in [-0.15, -0.1) is 17.0 Å². The number of hydrogen-bond donors (Lipinski definition) is 0. The Kier molecular flexibility index (Phi) is 3.88. The van der Waals surface area contributed by atoms with E-state index < -0.39 is 7.25 Å². The molecule has 0 rings (SSSR count). The van der Waals surface area contributed by atoms with E-state index in [4.69, 9.17) is 0 Å². The second-order valence-electron chi connectivity index (χ2n) is 0.495. The third kappa shape index (κ3) is 648. The molecule has 0 aromatic heterocycles. The van der Waals surface area contributed by atoms with Crippen molar-refractivity contribution in [2.24, 2.45) is 0 Å². The number of halogens is 5. The topological polar surface area (TPSA) is 0 Å². The summed E-state index contributed by atoms with van der Waals surface area (Å²) in [6.07, 6.45) is 0. The van der Waals surface area contributed by atoms with Crippen molar-refractivity contribution in [3.05, 3.63) is 0 Å². The molecule has 6 heteroatoms. The number of rotatable bonds is 0. The first-order chi connectivity index (χ1) is 2.00. The minimum absolute atomic E-state index is 0. The van der Waals surface area contributed by atoms with Crippen molar-refractivity contribution in [1.82, 2.24) is 0 Å². The van der Waals surface area contributed by atoms with Gasteiger partial charge in [-0.3, -0.25) is 0 Å². The van der Waals surface area contributed by atoms with E-state index in [1.54, 1.807) is 0 Å². The van der Waals surface area contributed by atoms with Crippen LogP contribution >= 0.6 is 17.0 Å². The lowest BCUT2D eigenvalue weighted by molar-refractivity contribution is 0.368. The van der Waals surface area contributed by atoms with Crippen LogP contribution in [0.5, 0.6) is 0 Å². The van der Waals surface area contributed by atoms with E-state index in [0.29, 0.717) is 0 Å². The Hall–Kier alpha value is 0.265. The molecule has 0 atom stereocenters. The Balaban J connectivity index is 0. The Morgan fingerprint density at radius 3 is 0.833 bits per heavy atom. The highest BCUT2D eigenvalue weighted by molar-refractivity contribution is 8.93. The maximum absolute atomic E-state index is 9.75. The Labute approximate surface area is 42.4 Å². The van der Waals surface area contributed by atoms with Gasteiger partial charge in [0.15, 0.2) is 0 Å². The van der Waals surface area contributed by atoms with E-state index in [1.807, 2.05) is 0 Å². The predicted octanol–water partition coefficient (Wildman–Crippen LogP) is 1.88. The number of hydrogen-bond acceptors (Lipinski definition) is 0. The van der Waals surface area contributed by atoms with Crippen molar-refractivity contribution in [3.8, 4) is 0 Å². The zero-order valence-corrected chi connectivity index (χ0v) is 4.21. The quantitative estimate of drug-likeness (QED) is 0.382. The molecule has 0 saturated heterocycles. The first-order valence-corrected chi connectivity index (χ1v) is 0.873. The van der Waals surface area contributed by atoms with Crippen molar-refractivity contribution in [3.63, 3.8) is 0 Å². The fraction of sp³-hybridized carbons (Fsp3) is 0. The van der Waals surface area contributed by atoms with Crippen molar-refractivity contribution < 1.29 is 17.3 Å². The Bertz CT molecular complexity index is 23.0. The van der Waals surface area contributed by atoms with Crippen molar-refractivity contribution >= 4 is 24.2 Å². The van der Waals surface area contributed by atoms with Crippen LogP contribution in [0.2, 0.25) is 0 Å². The molecule has 0 heterocycles. The van der Waals surface area contributed by atoms with E-state index in [0.717, 1.165) is 0 Å². The van der Waals surface area contributed by atoms with Crippen LogP contribution in [0.1, 0.15) is 0 Å². The first-order valence-electron chi connectivity index (χ1n) is 0.873. The molecule has 0 nitrogen and oxygen atoms in total. The highest BCUT2D eigenvalue weighted by Crippen LogP contribution is 2.06. The summed E-state index contributed by atoms with van der Waals surface area (Å²) in [4.78, 5) is 0. The van der Waals surface area contributed by atoms with Gasteiger partial charge in [0, 0.05) is 0 Å². The summed E-state index contributed by atoms with van der Waals surface area (Å²) in [5, 5.41) is 0. The van der Waals surface area contributed by atoms with Crippen LogP contribution in [0.25, 0.3) is 0 Å². The Morgan fingerprint density at radius 2 is 0.833 bits per heavy atom. The van der Waals surface area contributed by atoms with Crippen molar-refractivity contribution in [1.29, 1.82) is 0 Å². The normalized spacial score (nSPS) is 10.0. The lowest BCUT2D eigenvalue weighted by Gasteiger charge is -1.94. The summed E-state index contributed by atoms with van der Waals surface area (Å²) >= 11 is 0. The zero-order chi connectivity index (χ0) is 4.50. The molecule has 0 spiro atoms. The van der Waals surface area contributed by atoms with E-state index in [9.17, 15) is 17.3 Å². The monoisotopic (exact) mass is 167 g/mol. The lowest BCUT2D eigenvalue weighted by atomic mass is 10.3. The van der Waals surface area contributed by atoms with E-state index >= 15 is 0 Å². The molecule has 0 aromatic rings. The molecule has 6 heavy (non-hydrogen) atoms. The van der Waals surface area contributed by atoms with Crippen LogP contribution in [0.3, 0.4) is 0 Å². The van der Waals surface area contributed by atoms with Gasteiger partial charge in [0.05, 0.1) is 0 Å². The molecule has 0 amide bonds. The lowest BCUT2D eigenvalue weighted by Crippen LogP contribution is -2.02. The molecule has 0 aromatic carbocycles. The van der Waals surface area contributed by atoms with E-state index in [1.165, 1.54) is 0 Å². The smallest absolute Gasteiger partial charge is 0.418 e. The molecule has 0 aliphatic heterocycles. The van der Waals surface area contributed by atoms with Gasteiger partial charge in [-0.1, -0.05) is 0 Å². The molecular weight excluding hydrogens is 167 g/mol. The molecule has 0 aliphatic rings. The van der Waals surface area contributed by atoms with Crippen molar-refractivity contribution in [2.75, 3.05) is 0 Å². The first kappa shape index (κ1) is 9.55. The van der Waals surface area contributed by atoms with Gasteiger partial charge in [-0.05, 0) is 0 Å². The summed E-state index contributed by atoms with van der Waals surface area (Å²) in [5.41, 5.74) is 0. The zero-order valence-electron chi connectivity index (χ0n) is 2.50. The molecular formula is HBBrF4-. The summed E-state index contributed by atoms with van der Waals surface area (Å²) < 4.78 is 39.0. The molecule has 0 bridgehead atoms. The average Bonchev–Trinajstić information content (AvgIpc) is 0.722. The summed E-state index contributed by atoms with van der Waals surface area (Å²) in [6.45, 7) is 0. The van der Waals surface area contributed by atoms with Gasteiger partial charge in [-0.25, -0.2) is 0 Å². The van der Waals surface area contributed by atoms with Gasteiger partial charge in [-0.2, -0.15) is 0 Å². The average molecular weight is 168 g/mol. The SMILES string of the molecule is Br.F[B-](F)(F)F. The van der Waals surface area contributed by atoms with Gasteiger partial charge in [0.2, 0.25) is 0 Å². The maximum atomic E-state index is 9.75. The Morgan fingerprint density at radius 1 is 0.833 bits per heavy atom. The van der Waals surface area contributed by atoms with E-state index in [-0.39, 0.29) is 17.0 Å². The second kappa shape index (κ2) is 2.44. The van der Waals surface area contributed by atoms with Crippen LogP contribution in [0.15, 0.2) is 0 Å². The van der Waals surface area contributed by atoms with Gasteiger partial charge in [0.25, 0.3) is 0 Å². The molecule has 0 unspecified atom stereocenters. The molecule has 0 radical (unpaired) electrons. The van der Waals surface area contributed by atoms with Gasteiger partial charge < -0.3 is 17.3 Å². The molecule has 0 N–H and O–H groups in total. The maximum Gasteiger partial charge on any atom is 0.673 e. The van der Waals surface area contributed by atoms with Crippen LogP contribution in [0.4, 0.5) is 17.3 Å². The fourth-order valence-electron chi connectivity index (χ4n) is 0. The standard InChI is InChI=1S/BF4.BrH/c2-1(3,4)5;/h;1H/q-1;. The van der Waals surface area contributed by atoms with Crippen LogP contribution in [0, 0.1) is 0 Å². The third-order valence-electron chi connectivity index (χ3n) is 0. The van der Waals surface area contributed by atoms with Gasteiger partial charge in [0.1, 0.15) is 0 Å². The van der Waals surface area contributed by atoms with Crippen LogP contribution < -0.4 is 0 Å². The summed E-state index contributed by atoms with van der Waals surface area (Å²) in [5.74, 6) is 0. The summed E-state index contributed by atoms with van der Waals surface area (Å²) in [7, 11) is -6.00. The van der Waals surface area contributed by atoms with Crippen LogP contribution in [-0.2, 0) is 0 Å². The second-order valence-corrected chi connectivity index (χ2v) is 0.495. The molecule has 0 aliphatic carbocycles. The largest absolute Gasteiger partial charge is 0.673 e. The minimum atomic E-state index is -6.00. The third-order valence-corrected chi connectivity index (χ3v) is 0. The predicted molar refractivity (Wildman–Crippen MR) is 20.5 cm³/mol. The molecule has 0 fully saturated rings. The highest BCUT2D eigenvalue weighted by Gasteiger charge is 2.20.